The third-order valence-electron chi connectivity index (χ3n) is 5.74. The van der Waals surface area contributed by atoms with Crippen LogP contribution < -0.4 is 0 Å². The Morgan fingerprint density at radius 1 is 0.571 bits per heavy atom. The summed E-state index contributed by atoms with van der Waals surface area (Å²) in [6, 6.07) is 0. The molecule has 0 aliphatic carbocycles. The Labute approximate surface area is 175 Å². The molecule has 0 aromatic heterocycles. The molecule has 0 amide bonds. The SMILES string of the molecule is CCCCCCCCC(CCCCCCCCCCCCCCO)S(=O)(=O)O. The van der Waals surface area contributed by atoms with Gasteiger partial charge in [-0.25, -0.2) is 0 Å². The van der Waals surface area contributed by atoms with Crippen LogP contribution in [0.5, 0.6) is 0 Å². The van der Waals surface area contributed by atoms with Crippen molar-refractivity contribution in [2.75, 3.05) is 6.61 Å². The molecule has 0 rings (SSSR count). The van der Waals surface area contributed by atoms with Crippen LogP contribution >= 0.6 is 0 Å². The van der Waals surface area contributed by atoms with E-state index in [2.05, 4.69) is 6.92 Å². The van der Waals surface area contributed by atoms with E-state index in [4.69, 9.17) is 5.11 Å². The second-order valence-electron chi connectivity index (χ2n) is 8.45. The smallest absolute Gasteiger partial charge is 0.267 e. The third kappa shape index (κ3) is 19.2. The predicted octanol–water partition coefficient (Wildman–Crippen LogP) is 7.06. The van der Waals surface area contributed by atoms with Crippen molar-refractivity contribution in [2.45, 2.75) is 141 Å². The molecule has 4 nitrogen and oxygen atoms in total. The van der Waals surface area contributed by atoms with Gasteiger partial charge in [0.25, 0.3) is 10.1 Å². The van der Waals surface area contributed by atoms with Crippen molar-refractivity contribution in [3.05, 3.63) is 0 Å². The van der Waals surface area contributed by atoms with Crippen molar-refractivity contribution in [3.8, 4) is 0 Å². The Morgan fingerprint density at radius 2 is 0.893 bits per heavy atom. The molecule has 0 aromatic carbocycles. The second kappa shape index (κ2) is 20.2. The fourth-order valence-electron chi connectivity index (χ4n) is 3.85. The quantitative estimate of drug-likeness (QED) is 0.145. The van der Waals surface area contributed by atoms with Crippen molar-refractivity contribution in [1.29, 1.82) is 0 Å². The minimum atomic E-state index is -3.89. The molecule has 0 saturated heterocycles. The van der Waals surface area contributed by atoms with Gasteiger partial charge in [0, 0.05) is 6.61 Å². The molecule has 1 unspecified atom stereocenters. The van der Waals surface area contributed by atoms with E-state index in [1.165, 1.54) is 77.0 Å². The molecule has 0 spiro atoms. The van der Waals surface area contributed by atoms with Gasteiger partial charge in [-0.1, -0.05) is 116 Å². The number of aliphatic hydroxyl groups is 1. The van der Waals surface area contributed by atoms with E-state index in [1.54, 1.807) is 0 Å². The zero-order chi connectivity index (χ0) is 20.9. The highest BCUT2D eigenvalue weighted by Crippen LogP contribution is 2.19. The van der Waals surface area contributed by atoms with Gasteiger partial charge < -0.3 is 5.11 Å². The fraction of sp³-hybridized carbons (Fsp3) is 1.00. The second-order valence-corrected chi connectivity index (χ2v) is 10.1. The van der Waals surface area contributed by atoms with Gasteiger partial charge in [0.15, 0.2) is 0 Å². The topological polar surface area (TPSA) is 74.6 Å². The van der Waals surface area contributed by atoms with E-state index in [0.717, 1.165) is 38.5 Å². The van der Waals surface area contributed by atoms with Gasteiger partial charge >= 0.3 is 0 Å². The van der Waals surface area contributed by atoms with E-state index in [1.807, 2.05) is 0 Å². The van der Waals surface area contributed by atoms with Crippen LogP contribution in [0, 0.1) is 0 Å². The van der Waals surface area contributed by atoms with E-state index in [0.29, 0.717) is 19.4 Å². The lowest BCUT2D eigenvalue weighted by Crippen LogP contribution is -2.20. The third-order valence-corrected chi connectivity index (χ3v) is 7.05. The Hall–Kier alpha value is -0.130. The van der Waals surface area contributed by atoms with Crippen LogP contribution in [0.2, 0.25) is 0 Å². The molecule has 28 heavy (non-hydrogen) atoms. The van der Waals surface area contributed by atoms with Crippen LogP contribution in [0.25, 0.3) is 0 Å². The molecule has 0 heterocycles. The summed E-state index contributed by atoms with van der Waals surface area (Å²) in [5.41, 5.74) is 0. The Morgan fingerprint density at radius 3 is 1.21 bits per heavy atom. The molecule has 0 fully saturated rings. The largest absolute Gasteiger partial charge is 0.396 e. The number of unbranched alkanes of at least 4 members (excludes halogenated alkanes) is 16. The van der Waals surface area contributed by atoms with Crippen LogP contribution in [-0.4, -0.2) is 29.9 Å². The van der Waals surface area contributed by atoms with E-state index in [9.17, 15) is 13.0 Å². The first-order chi connectivity index (χ1) is 13.5. The lowest BCUT2D eigenvalue weighted by atomic mass is 10.0. The monoisotopic (exact) mass is 420 g/mol. The van der Waals surface area contributed by atoms with Gasteiger partial charge in [0.2, 0.25) is 0 Å². The Bertz CT molecular complexity index is 409. The average Bonchev–Trinajstić information content (AvgIpc) is 2.65. The Kier molecular flexibility index (Phi) is 20.1. The highest BCUT2D eigenvalue weighted by molar-refractivity contribution is 7.86. The molecular formula is C23H48O4S. The van der Waals surface area contributed by atoms with Gasteiger partial charge in [-0.15, -0.1) is 0 Å². The maximum absolute atomic E-state index is 11.6. The van der Waals surface area contributed by atoms with Crippen molar-refractivity contribution >= 4 is 10.1 Å². The molecule has 0 aliphatic rings. The lowest BCUT2D eigenvalue weighted by Gasteiger charge is -2.13. The highest BCUT2D eigenvalue weighted by Gasteiger charge is 2.21. The molecular weight excluding hydrogens is 372 g/mol. The summed E-state index contributed by atoms with van der Waals surface area (Å²) < 4.78 is 32.7. The van der Waals surface area contributed by atoms with Crippen molar-refractivity contribution in [2.24, 2.45) is 0 Å². The van der Waals surface area contributed by atoms with Crippen LogP contribution in [-0.2, 0) is 10.1 Å². The summed E-state index contributed by atoms with van der Waals surface area (Å²) in [5.74, 6) is 0. The van der Waals surface area contributed by atoms with Gasteiger partial charge in [-0.3, -0.25) is 4.55 Å². The number of rotatable bonds is 22. The highest BCUT2D eigenvalue weighted by atomic mass is 32.2. The van der Waals surface area contributed by atoms with Crippen molar-refractivity contribution < 1.29 is 18.1 Å². The number of hydrogen-bond acceptors (Lipinski definition) is 3. The number of aliphatic hydroxyl groups excluding tert-OH is 1. The summed E-state index contributed by atoms with van der Waals surface area (Å²) in [6.45, 7) is 2.51. The number of hydrogen-bond donors (Lipinski definition) is 2. The summed E-state index contributed by atoms with van der Waals surface area (Å²) >= 11 is 0. The fourth-order valence-corrected chi connectivity index (χ4v) is 4.78. The maximum Gasteiger partial charge on any atom is 0.267 e. The van der Waals surface area contributed by atoms with Gasteiger partial charge in [0.1, 0.15) is 0 Å². The minimum absolute atomic E-state index is 0.323. The van der Waals surface area contributed by atoms with Crippen molar-refractivity contribution in [1.82, 2.24) is 0 Å². The zero-order valence-corrected chi connectivity index (χ0v) is 19.4. The molecule has 0 aromatic rings. The zero-order valence-electron chi connectivity index (χ0n) is 18.5. The molecule has 170 valence electrons. The van der Waals surface area contributed by atoms with Crippen LogP contribution in [0.4, 0.5) is 0 Å². The molecule has 0 saturated carbocycles. The molecule has 1 atom stereocenters. The lowest BCUT2D eigenvalue weighted by molar-refractivity contribution is 0.282. The van der Waals surface area contributed by atoms with Gasteiger partial charge in [0.05, 0.1) is 5.25 Å². The first-order valence-electron chi connectivity index (χ1n) is 12.1. The first-order valence-corrected chi connectivity index (χ1v) is 13.6. The summed E-state index contributed by atoms with van der Waals surface area (Å²) in [5, 5.41) is 8.18. The molecule has 0 bridgehead atoms. The van der Waals surface area contributed by atoms with Crippen LogP contribution in [0.15, 0.2) is 0 Å². The standard InChI is InChI=1S/C23H48O4S/c1-2-3-4-5-14-17-20-23(28(25,26)27)21-18-15-12-10-8-6-7-9-11-13-16-19-22-24/h23-24H,2-22H2,1H3,(H,25,26,27). The molecule has 0 aliphatic heterocycles. The first kappa shape index (κ1) is 27.9. The molecule has 2 N–H and O–H groups in total. The molecule has 5 heteroatoms. The summed E-state index contributed by atoms with van der Waals surface area (Å²) in [4.78, 5) is 0. The van der Waals surface area contributed by atoms with E-state index in [-0.39, 0.29) is 0 Å². The van der Waals surface area contributed by atoms with Crippen LogP contribution in [0.3, 0.4) is 0 Å². The maximum atomic E-state index is 11.6. The van der Waals surface area contributed by atoms with Crippen LogP contribution in [0.1, 0.15) is 135 Å². The van der Waals surface area contributed by atoms with Gasteiger partial charge in [-0.2, -0.15) is 8.42 Å². The summed E-state index contributed by atoms with van der Waals surface area (Å²) in [7, 11) is -3.89. The minimum Gasteiger partial charge on any atom is -0.396 e. The molecule has 0 radical (unpaired) electrons. The van der Waals surface area contributed by atoms with Crippen molar-refractivity contribution in [3.63, 3.8) is 0 Å². The Balaban J connectivity index is 3.57. The van der Waals surface area contributed by atoms with Gasteiger partial charge in [-0.05, 0) is 19.3 Å². The average molecular weight is 421 g/mol. The van der Waals surface area contributed by atoms with E-state index < -0.39 is 15.4 Å². The normalized spacial score (nSPS) is 13.1. The predicted molar refractivity (Wildman–Crippen MR) is 120 cm³/mol. The van der Waals surface area contributed by atoms with E-state index >= 15 is 0 Å². The summed E-state index contributed by atoms with van der Waals surface area (Å²) in [6.07, 6.45) is 22.3.